The minimum atomic E-state index is -4.59. The fourth-order valence-corrected chi connectivity index (χ4v) is 4.88. The van der Waals surface area contributed by atoms with Crippen molar-refractivity contribution in [1.82, 2.24) is 10.2 Å². The molecule has 1 N–H and O–H groups in total. The van der Waals surface area contributed by atoms with Gasteiger partial charge in [-0.25, -0.2) is 0 Å². The number of fused-ring (bicyclic) bond motifs is 1. The van der Waals surface area contributed by atoms with Crippen molar-refractivity contribution in [3.63, 3.8) is 0 Å². The number of aromatic amines is 1. The molecule has 0 saturated heterocycles. The summed E-state index contributed by atoms with van der Waals surface area (Å²) < 4.78 is 41.2. The maximum Gasteiger partial charge on any atom is 0.435 e. The average Bonchev–Trinajstić information content (AvgIpc) is 2.98. The van der Waals surface area contributed by atoms with Crippen LogP contribution in [0.25, 0.3) is 0 Å². The number of alkyl halides is 3. The lowest BCUT2D eigenvalue weighted by Crippen LogP contribution is -2.41. The van der Waals surface area contributed by atoms with Crippen molar-refractivity contribution in [2.24, 2.45) is 5.41 Å². The number of halogens is 3. The largest absolute Gasteiger partial charge is 0.435 e. The van der Waals surface area contributed by atoms with Gasteiger partial charge in [-0.1, -0.05) is 49.8 Å². The number of benzene rings is 1. The molecule has 0 amide bonds. The van der Waals surface area contributed by atoms with E-state index in [0.717, 1.165) is 5.57 Å². The van der Waals surface area contributed by atoms with E-state index in [-0.39, 0.29) is 16.8 Å². The van der Waals surface area contributed by atoms with Crippen LogP contribution in [0.4, 0.5) is 13.2 Å². The number of H-pyrrole nitrogens is 1. The van der Waals surface area contributed by atoms with E-state index in [0.29, 0.717) is 36.1 Å². The smallest absolute Gasteiger partial charge is 0.294 e. The van der Waals surface area contributed by atoms with Crippen molar-refractivity contribution in [2.75, 3.05) is 0 Å². The fraction of sp³-hybridized carbons (Fsp3) is 0.429. The predicted octanol–water partition coefficient (Wildman–Crippen LogP) is 4.98. The van der Waals surface area contributed by atoms with Crippen molar-refractivity contribution in [3.05, 3.63) is 64.0 Å². The standard InChI is InChI=1S/C21H21F3N2O/c1-19(2)10-12-9-14-17(18(26-25-14)21(22,23)24)20(3,16(12)15(27)11-19)13-7-5-4-6-8-13/h4-8H,9-11H2,1-3H3,(H,25,26)/t20-/m1/s1. The molecule has 1 atom stereocenters. The van der Waals surface area contributed by atoms with Crippen molar-refractivity contribution in [3.8, 4) is 0 Å². The summed E-state index contributed by atoms with van der Waals surface area (Å²) >= 11 is 0. The van der Waals surface area contributed by atoms with Gasteiger partial charge < -0.3 is 0 Å². The second kappa shape index (κ2) is 5.57. The zero-order valence-electron chi connectivity index (χ0n) is 15.5. The van der Waals surface area contributed by atoms with Crippen LogP contribution in [0.2, 0.25) is 0 Å². The molecule has 1 heterocycles. The van der Waals surface area contributed by atoms with Crippen molar-refractivity contribution < 1.29 is 18.0 Å². The Kier molecular flexibility index (Phi) is 3.71. The van der Waals surface area contributed by atoms with Gasteiger partial charge in [-0.15, -0.1) is 0 Å². The van der Waals surface area contributed by atoms with Crippen LogP contribution in [-0.2, 0) is 22.8 Å². The summed E-state index contributed by atoms with van der Waals surface area (Å²) in [6.07, 6.45) is -3.25. The molecule has 0 radical (unpaired) electrons. The highest BCUT2D eigenvalue weighted by Crippen LogP contribution is 2.54. The number of hydrogen-bond donors (Lipinski definition) is 1. The highest BCUT2D eigenvalue weighted by Gasteiger charge is 2.52. The van der Waals surface area contributed by atoms with Gasteiger partial charge in [0.15, 0.2) is 11.5 Å². The van der Waals surface area contributed by atoms with E-state index in [2.05, 4.69) is 10.2 Å². The highest BCUT2D eigenvalue weighted by atomic mass is 19.4. The van der Waals surface area contributed by atoms with Crippen molar-refractivity contribution in [2.45, 2.75) is 51.6 Å². The van der Waals surface area contributed by atoms with Gasteiger partial charge in [-0.05, 0) is 24.3 Å². The van der Waals surface area contributed by atoms with Crippen LogP contribution < -0.4 is 0 Å². The van der Waals surface area contributed by atoms with Crippen LogP contribution in [0.5, 0.6) is 0 Å². The topological polar surface area (TPSA) is 45.8 Å². The molecule has 4 rings (SSSR count). The Hall–Kier alpha value is -2.37. The number of allylic oxidation sites excluding steroid dienone is 2. The van der Waals surface area contributed by atoms with Crippen LogP contribution >= 0.6 is 0 Å². The van der Waals surface area contributed by atoms with Crippen LogP contribution in [0, 0.1) is 5.41 Å². The monoisotopic (exact) mass is 374 g/mol. The molecule has 0 aliphatic heterocycles. The Morgan fingerprint density at radius 3 is 2.37 bits per heavy atom. The number of ketones is 1. The molecule has 2 aromatic rings. The third-order valence-electron chi connectivity index (χ3n) is 5.81. The van der Waals surface area contributed by atoms with Gasteiger partial charge in [-0.2, -0.15) is 18.3 Å². The Bertz CT molecular complexity index is 954. The van der Waals surface area contributed by atoms with E-state index in [1.165, 1.54) is 0 Å². The molecule has 2 aliphatic rings. The average molecular weight is 374 g/mol. The highest BCUT2D eigenvalue weighted by molar-refractivity contribution is 6.01. The zero-order chi connectivity index (χ0) is 19.6. The van der Waals surface area contributed by atoms with Gasteiger partial charge in [0.1, 0.15) is 0 Å². The van der Waals surface area contributed by atoms with E-state index in [9.17, 15) is 18.0 Å². The Morgan fingerprint density at radius 2 is 1.74 bits per heavy atom. The zero-order valence-corrected chi connectivity index (χ0v) is 15.5. The molecule has 3 nitrogen and oxygen atoms in total. The lowest BCUT2D eigenvalue weighted by molar-refractivity contribution is -0.142. The molecule has 0 fully saturated rings. The second-order valence-corrected chi connectivity index (χ2v) is 8.51. The summed E-state index contributed by atoms with van der Waals surface area (Å²) in [5, 5.41) is 6.24. The first-order valence-corrected chi connectivity index (χ1v) is 9.00. The SMILES string of the molecule is CC1(C)CC(=O)C2=C(Cc3[nH]nc(C(F)(F)F)c3[C@]2(C)c2ccccc2)C1. The van der Waals surface area contributed by atoms with Gasteiger partial charge in [0.2, 0.25) is 0 Å². The van der Waals surface area contributed by atoms with Crippen LogP contribution in [0.15, 0.2) is 41.5 Å². The van der Waals surface area contributed by atoms with Gasteiger partial charge >= 0.3 is 6.18 Å². The van der Waals surface area contributed by atoms with Crippen molar-refractivity contribution >= 4 is 5.78 Å². The molecule has 6 heteroatoms. The summed E-state index contributed by atoms with van der Waals surface area (Å²) in [5.74, 6) is -0.0624. The minimum Gasteiger partial charge on any atom is -0.294 e. The number of nitrogens with zero attached hydrogens (tertiary/aromatic N) is 1. The molecule has 0 bridgehead atoms. The third kappa shape index (κ3) is 2.65. The van der Waals surface area contributed by atoms with Gasteiger partial charge in [0.05, 0.1) is 0 Å². The van der Waals surface area contributed by atoms with E-state index in [4.69, 9.17) is 0 Å². The molecule has 1 aromatic carbocycles. The molecule has 0 saturated carbocycles. The summed E-state index contributed by atoms with van der Waals surface area (Å²) in [7, 11) is 0. The van der Waals surface area contributed by atoms with E-state index in [1.807, 2.05) is 19.9 Å². The maximum atomic E-state index is 13.7. The molecular formula is C21H21F3N2O. The normalized spacial score (nSPS) is 24.6. The van der Waals surface area contributed by atoms with Crippen molar-refractivity contribution in [1.29, 1.82) is 0 Å². The lowest BCUT2D eigenvalue weighted by Gasteiger charge is -2.44. The molecular weight excluding hydrogens is 353 g/mol. The molecule has 0 unspecified atom stereocenters. The number of nitrogens with one attached hydrogen (secondary N) is 1. The maximum absolute atomic E-state index is 13.7. The molecule has 1 aromatic heterocycles. The first-order valence-electron chi connectivity index (χ1n) is 9.00. The Labute approximate surface area is 155 Å². The second-order valence-electron chi connectivity index (χ2n) is 8.51. The number of carbonyl (C=O) groups excluding carboxylic acids is 1. The van der Waals surface area contributed by atoms with E-state index in [1.54, 1.807) is 31.2 Å². The van der Waals surface area contributed by atoms with E-state index >= 15 is 0 Å². The van der Waals surface area contributed by atoms with Gasteiger partial charge in [0, 0.05) is 35.1 Å². The quantitative estimate of drug-likeness (QED) is 0.765. The number of carbonyl (C=O) groups is 1. The molecule has 2 aliphatic carbocycles. The van der Waals surface area contributed by atoms with E-state index < -0.39 is 17.3 Å². The number of Topliss-reactive ketones (excluding diaryl/α,β-unsaturated/α-hetero) is 1. The number of hydrogen-bond acceptors (Lipinski definition) is 2. The summed E-state index contributed by atoms with van der Waals surface area (Å²) in [6, 6.07) is 8.98. The minimum absolute atomic E-state index is 0.0624. The van der Waals surface area contributed by atoms with Crippen LogP contribution in [0.3, 0.4) is 0 Å². The summed E-state index contributed by atoms with van der Waals surface area (Å²) in [5.41, 5.74) is 0.380. The number of aromatic nitrogens is 2. The van der Waals surface area contributed by atoms with Crippen LogP contribution in [-0.4, -0.2) is 16.0 Å². The molecule has 142 valence electrons. The Morgan fingerprint density at radius 1 is 1.07 bits per heavy atom. The molecule has 27 heavy (non-hydrogen) atoms. The van der Waals surface area contributed by atoms with Crippen LogP contribution in [0.1, 0.15) is 56.1 Å². The Balaban J connectivity index is 2.05. The van der Waals surface area contributed by atoms with Gasteiger partial charge in [0.25, 0.3) is 0 Å². The fourth-order valence-electron chi connectivity index (χ4n) is 4.88. The first-order chi connectivity index (χ1) is 12.5. The molecule has 0 spiro atoms. The predicted molar refractivity (Wildman–Crippen MR) is 95.2 cm³/mol. The first kappa shape index (κ1) is 18.0. The number of rotatable bonds is 1. The third-order valence-corrected chi connectivity index (χ3v) is 5.81. The lowest BCUT2D eigenvalue weighted by atomic mass is 9.58. The van der Waals surface area contributed by atoms with Gasteiger partial charge in [-0.3, -0.25) is 9.89 Å². The summed E-state index contributed by atoms with van der Waals surface area (Å²) in [6.45, 7) is 5.78. The summed E-state index contributed by atoms with van der Waals surface area (Å²) in [4.78, 5) is 13.2.